The summed E-state index contributed by atoms with van der Waals surface area (Å²) in [6.07, 6.45) is 0.834. The molecule has 0 aliphatic heterocycles. The number of hydrogen-bond donors (Lipinski definition) is 1. The fourth-order valence-electron chi connectivity index (χ4n) is 4.13. The van der Waals surface area contributed by atoms with Crippen molar-refractivity contribution in [3.8, 4) is 0 Å². The summed E-state index contributed by atoms with van der Waals surface area (Å²) in [6, 6.07) is 21.3. The maximum Gasteiger partial charge on any atom is 0.264 e. The highest BCUT2D eigenvalue weighted by atomic mass is 32.2. The fourth-order valence-corrected chi connectivity index (χ4v) is 5.57. The van der Waals surface area contributed by atoms with Gasteiger partial charge in [0, 0.05) is 12.6 Å². The molecule has 7 nitrogen and oxygen atoms in total. The van der Waals surface area contributed by atoms with Crippen LogP contribution in [-0.4, -0.2) is 50.3 Å². The summed E-state index contributed by atoms with van der Waals surface area (Å²) in [5.74, 6) is -1.36. The van der Waals surface area contributed by atoms with Gasteiger partial charge < -0.3 is 10.2 Å². The number of benzene rings is 3. The molecule has 0 bridgehead atoms. The number of carbonyl (C=O) groups is 2. The van der Waals surface area contributed by atoms with Crippen LogP contribution in [0.5, 0.6) is 0 Å². The van der Waals surface area contributed by atoms with E-state index in [1.54, 1.807) is 18.2 Å². The van der Waals surface area contributed by atoms with Gasteiger partial charge in [0.05, 0.1) is 10.6 Å². The van der Waals surface area contributed by atoms with Crippen LogP contribution in [0, 0.1) is 5.82 Å². The van der Waals surface area contributed by atoms with Gasteiger partial charge in [-0.1, -0.05) is 55.5 Å². The smallest absolute Gasteiger partial charge is 0.264 e. The van der Waals surface area contributed by atoms with Crippen LogP contribution < -0.4 is 9.62 Å². The normalized spacial score (nSPS) is 12.1. The Balaban J connectivity index is 1.99. The molecular formula is C29H34FN3O4S. The summed E-state index contributed by atoms with van der Waals surface area (Å²) in [6.45, 7) is 5.15. The molecule has 3 rings (SSSR count). The summed E-state index contributed by atoms with van der Waals surface area (Å²) in [5.41, 5.74) is 1.13. The molecule has 1 N–H and O–H groups in total. The van der Waals surface area contributed by atoms with Crippen LogP contribution in [0.25, 0.3) is 0 Å². The topological polar surface area (TPSA) is 86.8 Å². The number of amides is 2. The highest BCUT2D eigenvalue weighted by Gasteiger charge is 2.33. The van der Waals surface area contributed by atoms with Gasteiger partial charge in [0.1, 0.15) is 18.4 Å². The minimum atomic E-state index is -4.17. The number of rotatable bonds is 12. The molecule has 38 heavy (non-hydrogen) atoms. The van der Waals surface area contributed by atoms with Crippen LogP contribution in [0.2, 0.25) is 0 Å². The maximum atomic E-state index is 13.8. The van der Waals surface area contributed by atoms with E-state index < -0.39 is 34.3 Å². The highest BCUT2D eigenvalue weighted by molar-refractivity contribution is 7.92. The molecule has 202 valence electrons. The van der Waals surface area contributed by atoms with Crippen LogP contribution in [0.3, 0.4) is 0 Å². The number of halogens is 1. The molecular weight excluding hydrogens is 505 g/mol. The lowest BCUT2D eigenvalue weighted by Crippen LogP contribution is -2.54. The Kier molecular flexibility index (Phi) is 10.0. The number of nitrogens with one attached hydrogen (secondary N) is 1. The van der Waals surface area contributed by atoms with Crippen molar-refractivity contribution in [2.24, 2.45) is 0 Å². The second kappa shape index (κ2) is 13.2. The third kappa shape index (κ3) is 7.41. The Morgan fingerprint density at radius 3 is 2.03 bits per heavy atom. The van der Waals surface area contributed by atoms with Crippen molar-refractivity contribution >= 4 is 27.5 Å². The third-order valence-corrected chi connectivity index (χ3v) is 7.81. The van der Waals surface area contributed by atoms with Gasteiger partial charge in [-0.15, -0.1) is 0 Å². The molecule has 0 spiro atoms. The number of carbonyl (C=O) groups excluding carboxylic acids is 2. The zero-order valence-corrected chi connectivity index (χ0v) is 22.7. The van der Waals surface area contributed by atoms with Crippen LogP contribution in [0.1, 0.15) is 32.8 Å². The van der Waals surface area contributed by atoms with Crippen LogP contribution in [-0.2, 0) is 26.0 Å². The van der Waals surface area contributed by atoms with Crippen molar-refractivity contribution in [1.82, 2.24) is 10.2 Å². The zero-order chi connectivity index (χ0) is 27.7. The van der Waals surface area contributed by atoms with Gasteiger partial charge in [-0.05, 0) is 68.7 Å². The number of sulfonamides is 1. The Morgan fingerprint density at radius 1 is 0.895 bits per heavy atom. The SMILES string of the molecule is CC[C@H](C(=O)NC(C)C)N(CCc1ccccc1)C(=O)CN(c1ccc(F)cc1)S(=O)(=O)c1ccccc1. The van der Waals surface area contributed by atoms with E-state index in [-0.39, 0.29) is 29.1 Å². The lowest BCUT2D eigenvalue weighted by Gasteiger charge is -2.33. The minimum absolute atomic E-state index is 0.00227. The second-order valence-electron chi connectivity index (χ2n) is 9.21. The average molecular weight is 540 g/mol. The van der Waals surface area contributed by atoms with E-state index in [2.05, 4.69) is 5.32 Å². The third-order valence-electron chi connectivity index (χ3n) is 6.03. The minimum Gasteiger partial charge on any atom is -0.352 e. The van der Waals surface area contributed by atoms with Crippen LogP contribution >= 0.6 is 0 Å². The summed E-state index contributed by atoms with van der Waals surface area (Å²) < 4.78 is 42.0. The summed E-state index contributed by atoms with van der Waals surface area (Å²) in [5, 5.41) is 2.87. The van der Waals surface area contributed by atoms with E-state index in [4.69, 9.17) is 0 Å². The molecule has 9 heteroatoms. The van der Waals surface area contributed by atoms with Crippen molar-refractivity contribution < 1.29 is 22.4 Å². The van der Waals surface area contributed by atoms with Gasteiger partial charge in [-0.2, -0.15) is 0 Å². The Labute approximate surface area is 224 Å². The second-order valence-corrected chi connectivity index (χ2v) is 11.1. The molecule has 0 saturated carbocycles. The average Bonchev–Trinajstić information content (AvgIpc) is 2.90. The van der Waals surface area contributed by atoms with Gasteiger partial charge in [0.25, 0.3) is 10.0 Å². The van der Waals surface area contributed by atoms with E-state index >= 15 is 0 Å². The first-order valence-electron chi connectivity index (χ1n) is 12.6. The van der Waals surface area contributed by atoms with Crippen molar-refractivity contribution in [2.75, 3.05) is 17.4 Å². The molecule has 2 amide bonds. The van der Waals surface area contributed by atoms with Crippen LogP contribution in [0.15, 0.2) is 89.8 Å². The zero-order valence-electron chi connectivity index (χ0n) is 21.9. The van der Waals surface area contributed by atoms with Crippen molar-refractivity contribution in [3.05, 3.63) is 96.3 Å². The molecule has 0 aromatic heterocycles. The number of hydrogen-bond acceptors (Lipinski definition) is 4. The molecule has 0 radical (unpaired) electrons. The van der Waals surface area contributed by atoms with Crippen LogP contribution in [0.4, 0.5) is 10.1 Å². The predicted molar refractivity (Wildman–Crippen MR) is 147 cm³/mol. The highest BCUT2D eigenvalue weighted by Crippen LogP contribution is 2.24. The first-order valence-corrected chi connectivity index (χ1v) is 14.0. The summed E-state index contributed by atoms with van der Waals surface area (Å²) >= 11 is 0. The number of anilines is 1. The van der Waals surface area contributed by atoms with E-state index in [0.29, 0.717) is 12.8 Å². The summed E-state index contributed by atoms with van der Waals surface area (Å²) in [4.78, 5) is 28.4. The van der Waals surface area contributed by atoms with Gasteiger partial charge in [-0.3, -0.25) is 13.9 Å². The Morgan fingerprint density at radius 2 is 1.47 bits per heavy atom. The maximum absolute atomic E-state index is 13.8. The Bertz CT molecular complexity index is 1300. The molecule has 3 aromatic rings. The fraction of sp³-hybridized carbons (Fsp3) is 0.310. The largest absolute Gasteiger partial charge is 0.352 e. The predicted octanol–water partition coefficient (Wildman–Crippen LogP) is 4.40. The van der Waals surface area contributed by atoms with Crippen molar-refractivity contribution in [3.63, 3.8) is 0 Å². The van der Waals surface area contributed by atoms with E-state index in [0.717, 1.165) is 22.0 Å². The quantitative estimate of drug-likeness (QED) is 0.370. The number of nitrogens with zero attached hydrogens (tertiary/aromatic N) is 2. The molecule has 0 saturated heterocycles. The first-order chi connectivity index (χ1) is 18.1. The molecule has 0 fully saturated rings. The molecule has 0 heterocycles. The monoisotopic (exact) mass is 539 g/mol. The lowest BCUT2D eigenvalue weighted by molar-refractivity contribution is -0.139. The van der Waals surface area contributed by atoms with Gasteiger partial charge in [0.2, 0.25) is 11.8 Å². The molecule has 0 aliphatic carbocycles. The van der Waals surface area contributed by atoms with E-state index in [9.17, 15) is 22.4 Å². The van der Waals surface area contributed by atoms with E-state index in [1.165, 1.54) is 29.2 Å². The molecule has 0 unspecified atom stereocenters. The van der Waals surface area contributed by atoms with E-state index in [1.807, 2.05) is 51.1 Å². The van der Waals surface area contributed by atoms with Gasteiger partial charge in [0.15, 0.2) is 0 Å². The lowest BCUT2D eigenvalue weighted by atomic mass is 10.1. The summed E-state index contributed by atoms with van der Waals surface area (Å²) in [7, 11) is -4.17. The first kappa shape index (κ1) is 28.8. The molecule has 3 aromatic carbocycles. The Hall–Kier alpha value is -3.72. The standard InChI is InChI=1S/C29H34FN3O4S/c1-4-27(29(35)31-22(2)3)32(20-19-23-11-7-5-8-12-23)28(34)21-33(25-17-15-24(30)16-18-25)38(36,37)26-13-9-6-10-14-26/h5-18,22,27H,4,19-21H2,1-3H3,(H,31,35)/t27-/m1/s1. The van der Waals surface area contributed by atoms with Gasteiger partial charge in [-0.25, -0.2) is 12.8 Å². The molecule has 1 atom stereocenters. The van der Waals surface area contributed by atoms with Crippen molar-refractivity contribution in [2.45, 2.75) is 50.6 Å². The molecule has 0 aliphatic rings. The van der Waals surface area contributed by atoms with Crippen molar-refractivity contribution in [1.29, 1.82) is 0 Å². The van der Waals surface area contributed by atoms with Gasteiger partial charge >= 0.3 is 0 Å².